The topological polar surface area (TPSA) is 71.2 Å². The van der Waals surface area contributed by atoms with Gasteiger partial charge in [0.25, 0.3) is 11.5 Å². The summed E-state index contributed by atoms with van der Waals surface area (Å²) in [5.41, 5.74) is -0.533. The van der Waals surface area contributed by atoms with Crippen LogP contribution in [0.3, 0.4) is 0 Å². The van der Waals surface area contributed by atoms with Gasteiger partial charge in [0.2, 0.25) is 0 Å². The first-order valence-corrected chi connectivity index (χ1v) is 6.96. The molecule has 0 atom stereocenters. The number of pyridine rings is 1. The van der Waals surface area contributed by atoms with E-state index in [0.717, 1.165) is 11.1 Å². The molecule has 2 rings (SSSR count). The normalized spacial score (nSPS) is 11.2. The summed E-state index contributed by atoms with van der Waals surface area (Å²) in [6, 6.07) is 5.94. The molecule has 2 N–H and O–H groups in total. The fourth-order valence-corrected chi connectivity index (χ4v) is 2.03. The maximum Gasteiger partial charge on any atom is 0.417 e. The minimum atomic E-state index is -4.63. The van der Waals surface area contributed by atoms with E-state index in [2.05, 4.69) is 5.32 Å². The predicted molar refractivity (Wildman–Crippen MR) is 82.1 cm³/mol. The van der Waals surface area contributed by atoms with E-state index in [4.69, 9.17) is 4.74 Å². The SMILES string of the molecule is Cc1ccc(OCC(=O)Nc2cc(C(F)(F)F)c[nH]c2=O)c(C)c1. The number of alkyl halides is 3. The monoisotopic (exact) mass is 340 g/mol. The van der Waals surface area contributed by atoms with Crippen molar-refractivity contribution in [3.05, 3.63) is 57.5 Å². The van der Waals surface area contributed by atoms with Crippen LogP contribution in [0.1, 0.15) is 16.7 Å². The number of rotatable bonds is 4. The molecule has 0 radical (unpaired) electrons. The van der Waals surface area contributed by atoms with Gasteiger partial charge in [-0.25, -0.2) is 0 Å². The lowest BCUT2D eigenvalue weighted by Gasteiger charge is -2.11. The number of carbonyl (C=O) groups excluding carboxylic acids is 1. The Kier molecular flexibility index (Phi) is 4.96. The van der Waals surface area contributed by atoms with Crippen LogP contribution in [-0.2, 0) is 11.0 Å². The molecule has 5 nitrogen and oxygen atoms in total. The van der Waals surface area contributed by atoms with Crippen LogP contribution in [0.15, 0.2) is 35.3 Å². The van der Waals surface area contributed by atoms with Gasteiger partial charge in [0.15, 0.2) is 6.61 Å². The second kappa shape index (κ2) is 6.77. The van der Waals surface area contributed by atoms with Crippen molar-refractivity contribution in [1.29, 1.82) is 0 Å². The molecule has 1 amide bonds. The lowest BCUT2D eigenvalue weighted by atomic mass is 10.1. The summed E-state index contributed by atoms with van der Waals surface area (Å²) in [5.74, 6) is -0.256. The molecule has 1 aromatic heterocycles. The van der Waals surface area contributed by atoms with E-state index < -0.39 is 35.5 Å². The number of anilines is 1. The molecule has 1 heterocycles. The highest BCUT2D eigenvalue weighted by Gasteiger charge is 2.31. The van der Waals surface area contributed by atoms with Gasteiger partial charge in [-0.05, 0) is 31.5 Å². The third kappa shape index (κ3) is 4.37. The van der Waals surface area contributed by atoms with Crippen molar-refractivity contribution in [3.63, 3.8) is 0 Å². The minimum absolute atomic E-state index is 0.431. The van der Waals surface area contributed by atoms with Crippen molar-refractivity contribution in [1.82, 2.24) is 4.98 Å². The number of halogens is 3. The molecule has 0 aliphatic carbocycles. The summed E-state index contributed by atoms with van der Waals surface area (Å²) < 4.78 is 43.2. The molecule has 0 saturated heterocycles. The molecular formula is C16H15F3N2O3. The quantitative estimate of drug-likeness (QED) is 0.899. The van der Waals surface area contributed by atoms with E-state index >= 15 is 0 Å². The zero-order chi connectivity index (χ0) is 17.9. The van der Waals surface area contributed by atoms with Crippen LogP contribution in [0.5, 0.6) is 5.75 Å². The van der Waals surface area contributed by atoms with E-state index in [1.165, 1.54) is 0 Å². The van der Waals surface area contributed by atoms with Crippen LogP contribution in [0, 0.1) is 13.8 Å². The van der Waals surface area contributed by atoms with Crippen LogP contribution in [0.2, 0.25) is 0 Å². The van der Waals surface area contributed by atoms with Gasteiger partial charge in [-0.1, -0.05) is 17.7 Å². The molecule has 128 valence electrons. The highest BCUT2D eigenvalue weighted by Crippen LogP contribution is 2.29. The molecule has 0 saturated carbocycles. The Balaban J connectivity index is 2.06. The van der Waals surface area contributed by atoms with Gasteiger partial charge in [-0.2, -0.15) is 13.2 Å². The molecule has 2 aromatic rings. The van der Waals surface area contributed by atoms with Gasteiger partial charge in [-0.3, -0.25) is 9.59 Å². The number of ether oxygens (including phenoxy) is 1. The molecule has 0 bridgehead atoms. The summed E-state index contributed by atoms with van der Waals surface area (Å²) >= 11 is 0. The van der Waals surface area contributed by atoms with Gasteiger partial charge in [0, 0.05) is 6.20 Å². The van der Waals surface area contributed by atoms with Crippen molar-refractivity contribution < 1.29 is 22.7 Å². The van der Waals surface area contributed by atoms with E-state index in [1.807, 2.05) is 18.0 Å². The summed E-state index contributed by atoms with van der Waals surface area (Å²) in [5, 5.41) is 2.12. The Morgan fingerprint density at radius 1 is 1.25 bits per heavy atom. The Morgan fingerprint density at radius 3 is 2.58 bits per heavy atom. The molecular weight excluding hydrogens is 325 g/mol. The Morgan fingerprint density at radius 2 is 1.96 bits per heavy atom. The van der Waals surface area contributed by atoms with Crippen molar-refractivity contribution >= 4 is 11.6 Å². The van der Waals surface area contributed by atoms with E-state index in [9.17, 15) is 22.8 Å². The number of aromatic amines is 1. The number of carbonyl (C=O) groups is 1. The number of hydrogen-bond acceptors (Lipinski definition) is 3. The summed E-state index contributed by atoms with van der Waals surface area (Å²) in [7, 11) is 0. The van der Waals surface area contributed by atoms with Crippen LogP contribution < -0.4 is 15.6 Å². The van der Waals surface area contributed by atoms with E-state index in [-0.39, 0.29) is 0 Å². The average molecular weight is 340 g/mol. The number of hydrogen-bond donors (Lipinski definition) is 2. The number of aryl methyl sites for hydroxylation is 2. The van der Waals surface area contributed by atoms with Crippen LogP contribution in [0.4, 0.5) is 18.9 Å². The standard InChI is InChI=1S/C16H15F3N2O3/c1-9-3-4-13(10(2)5-9)24-8-14(22)21-12-6-11(16(17,18)19)7-20-15(12)23/h3-7H,8H2,1-2H3,(H,20,23)(H,21,22). The summed E-state index contributed by atoms with van der Waals surface area (Å²) in [6.45, 7) is 3.28. The number of aromatic nitrogens is 1. The zero-order valence-electron chi connectivity index (χ0n) is 13.0. The van der Waals surface area contributed by atoms with E-state index in [1.54, 1.807) is 19.1 Å². The fourth-order valence-electron chi connectivity index (χ4n) is 2.03. The number of amides is 1. The molecule has 1 aromatic carbocycles. The van der Waals surface area contributed by atoms with Crippen molar-refractivity contribution in [2.75, 3.05) is 11.9 Å². The van der Waals surface area contributed by atoms with Gasteiger partial charge >= 0.3 is 6.18 Å². The van der Waals surface area contributed by atoms with Crippen LogP contribution >= 0.6 is 0 Å². The van der Waals surface area contributed by atoms with Gasteiger partial charge in [-0.15, -0.1) is 0 Å². The molecule has 8 heteroatoms. The maximum atomic E-state index is 12.6. The molecule has 0 fully saturated rings. The Labute approximate surface area is 135 Å². The lowest BCUT2D eigenvalue weighted by Crippen LogP contribution is -2.25. The van der Waals surface area contributed by atoms with Gasteiger partial charge < -0.3 is 15.0 Å². The Bertz CT molecular complexity index is 813. The molecule has 0 aliphatic heterocycles. The first-order chi connectivity index (χ1) is 11.2. The predicted octanol–water partition coefficient (Wildman–Crippen LogP) is 3.03. The smallest absolute Gasteiger partial charge is 0.417 e. The van der Waals surface area contributed by atoms with Crippen LogP contribution in [-0.4, -0.2) is 17.5 Å². The van der Waals surface area contributed by atoms with Crippen molar-refractivity contribution in [2.45, 2.75) is 20.0 Å². The zero-order valence-corrected chi connectivity index (χ0v) is 13.0. The fraction of sp³-hybridized carbons (Fsp3) is 0.250. The average Bonchev–Trinajstić information content (AvgIpc) is 2.47. The van der Waals surface area contributed by atoms with Crippen molar-refractivity contribution in [2.24, 2.45) is 0 Å². The first kappa shape index (κ1) is 17.6. The van der Waals surface area contributed by atoms with Gasteiger partial charge in [0.1, 0.15) is 11.4 Å². The first-order valence-electron chi connectivity index (χ1n) is 6.96. The summed E-state index contributed by atoms with van der Waals surface area (Å²) in [4.78, 5) is 25.3. The molecule has 0 unspecified atom stereocenters. The third-order valence-corrected chi connectivity index (χ3v) is 3.19. The second-order valence-electron chi connectivity index (χ2n) is 5.23. The molecule has 0 aliphatic rings. The van der Waals surface area contributed by atoms with E-state index in [0.29, 0.717) is 18.0 Å². The maximum absolute atomic E-state index is 12.6. The highest BCUT2D eigenvalue weighted by molar-refractivity contribution is 5.91. The number of H-pyrrole nitrogens is 1. The number of benzene rings is 1. The minimum Gasteiger partial charge on any atom is -0.483 e. The third-order valence-electron chi connectivity index (χ3n) is 3.19. The number of nitrogens with one attached hydrogen (secondary N) is 2. The Hall–Kier alpha value is -2.77. The highest BCUT2D eigenvalue weighted by atomic mass is 19.4. The second-order valence-corrected chi connectivity index (χ2v) is 5.23. The van der Waals surface area contributed by atoms with Crippen LogP contribution in [0.25, 0.3) is 0 Å². The molecule has 0 spiro atoms. The van der Waals surface area contributed by atoms with Gasteiger partial charge in [0.05, 0.1) is 5.56 Å². The van der Waals surface area contributed by atoms with Crippen molar-refractivity contribution in [3.8, 4) is 5.75 Å². The molecule has 24 heavy (non-hydrogen) atoms. The summed E-state index contributed by atoms with van der Waals surface area (Å²) in [6.07, 6.45) is -4.08. The lowest BCUT2D eigenvalue weighted by molar-refractivity contribution is -0.137. The largest absolute Gasteiger partial charge is 0.483 e.